The lowest BCUT2D eigenvalue weighted by molar-refractivity contribution is -0.149. The Hall–Kier alpha value is -3.80. The monoisotopic (exact) mass is 641 g/mol. The first-order valence-corrected chi connectivity index (χ1v) is 16.2. The predicted molar refractivity (Wildman–Crippen MR) is 169 cm³/mol. The summed E-state index contributed by atoms with van der Waals surface area (Å²) in [5.41, 5.74) is 3.41. The Labute approximate surface area is 266 Å². The predicted octanol–water partition coefficient (Wildman–Crippen LogP) is 6.15. The van der Waals surface area contributed by atoms with Gasteiger partial charge >= 0.3 is 12.1 Å². The molecule has 0 saturated carbocycles. The molecule has 3 aromatic rings. The number of amides is 1. The van der Waals surface area contributed by atoms with E-state index in [9.17, 15) is 22.8 Å². The number of rotatable bonds is 8. The first-order valence-electron chi connectivity index (χ1n) is 15.2. The van der Waals surface area contributed by atoms with Crippen molar-refractivity contribution in [2.45, 2.75) is 50.7 Å². The van der Waals surface area contributed by atoms with Crippen molar-refractivity contribution in [3.8, 4) is 0 Å². The summed E-state index contributed by atoms with van der Waals surface area (Å²) < 4.78 is 44.8. The second-order valence-electron chi connectivity index (χ2n) is 11.4. The third-order valence-electron chi connectivity index (χ3n) is 8.36. The standard InChI is InChI=1S/C33H38F3N5O3S/c1-4-44-31(43)26-7-6-14-41(20-26)30(42)25-12-10-24(11-13-25)21-45-32-37-23(3)22(2)29(38-32)40-17-15-39(16-18-40)28-9-5-8-27(19-28)33(34,35)36/h5,8-13,19,26H,4,6-7,14-18,20-21H2,1-3H3. The summed E-state index contributed by atoms with van der Waals surface area (Å²) in [5, 5.41) is 0.645. The summed E-state index contributed by atoms with van der Waals surface area (Å²) in [6.07, 6.45) is -2.87. The molecule has 0 N–H and O–H groups in total. The van der Waals surface area contributed by atoms with Gasteiger partial charge in [-0.2, -0.15) is 13.2 Å². The van der Waals surface area contributed by atoms with Crippen molar-refractivity contribution < 1.29 is 27.5 Å². The number of halogens is 3. The molecule has 0 spiro atoms. The maximum Gasteiger partial charge on any atom is 0.416 e. The molecule has 2 aliphatic heterocycles. The molecular formula is C33H38F3N5O3S. The van der Waals surface area contributed by atoms with Crippen LogP contribution in [0.1, 0.15) is 52.5 Å². The highest BCUT2D eigenvalue weighted by atomic mass is 32.2. The molecule has 2 fully saturated rings. The fraction of sp³-hybridized carbons (Fsp3) is 0.455. The van der Waals surface area contributed by atoms with Crippen molar-refractivity contribution in [2.24, 2.45) is 5.92 Å². The van der Waals surface area contributed by atoms with Crippen molar-refractivity contribution in [3.63, 3.8) is 0 Å². The van der Waals surface area contributed by atoms with Crippen molar-refractivity contribution in [1.82, 2.24) is 14.9 Å². The number of nitrogens with zero attached hydrogens (tertiary/aromatic N) is 5. The fourth-order valence-electron chi connectivity index (χ4n) is 5.70. The molecule has 2 aromatic carbocycles. The topological polar surface area (TPSA) is 78.9 Å². The number of ether oxygens (including phenoxy) is 1. The normalized spacial score (nSPS) is 17.4. The van der Waals surface area contributed by atoms with Crippen LogP contribution in [-0.4, -0.2) is 72.6 Å². The van der Waals surface area contributed by atoms with Gasteiger partial charge in [0.25, 0.3) is 5.91 Å². The van der Waals surface area contributed by atoms with Crippen molar-refractivity contribution in [1.29, 1.82) is 0 Å². The van der Waals surface area contributed by atoms with Crippen LogP contribution in [0.3, 0.4) is 0 Å². The minimum Gasteiger partial charge on any atom is -0.466 e. The number of hydrogen-bond acceptors (Lipinski definition) is 8. The smallest absolute Gasteiger partial charge is 0.416 e. The number of thioether (sulfide) groups is 1. The van der Waals surface area contributed by atoms with Gasteiger partial charge < -0.3 is 19.4 Å². The van der Waals surface area contributed by atoms with E-state index in [1.165, 1.54) is 23.9 Å². The molecule has 2 saturated heterocycles. The van der Waals surface area contributed by atoms with Gasteiger partial charge in [-0.1, -0.05) is 30.0 Å². The molecule has 0 bridgehead atoms. The lowest BCUT2D eigenvalue weighted by Crippen LogP contribution is -2.47. The molecule has 5 rings (SSSR count). The Balaban J connectivity index is 1.18. The number of benzene rings is 2. The summed E-state index contributed by atoms with van der Waals surface area (Å²) in [6.45, 7) is 9.49. The molecule has 0 radical (unpaired) electrons. The van der Waals surface area contributed by atoms with E-state index in [4.69, 9.17) is 9.72 Å². The molecule has 45 heavy (non-hydrogen) atoms. The first-order chi connectivity index (χ1) is 21.5. The fourth-order valence-corrected chi connectivity index (χ4v) is 6.55. The number of carbonyl (C=O) groups is 2. The van der Waals surface area contributed by atoms with E-state index < -0.39 is 11.7 Å². The van der Waals surface area contributed by atoms with Gasteiger partial charge in [0.1, 0.15) is 5.82 Å². The molecular weight excluding hydrogens is 603 g/mol. The molecule has 2 aliphatic rings. The summed E-state index contributed by atoms with van der Waals surface area (Å²) in [5.74, 6) is 0.863. The number of likely N-dealkylation sites (tertiary alicyclic amines) is 1. The number of aryl methyl sites for hydroxylation is 1. The van der Waals surface area contributed by atoms with E-state index in [1.807, 2.05) is 43.0 Å². The third kappa shape index (κ3) is 7.89. The molecule has 240 valence electrons. The SMILES string of the molecule is CCOC(=O)C1CCCN(C(=O)c2ccc(CSc3nc(C)c(C)c(N4CCN(c5cccc(C(F)(F)F)c5)CC4)n3)cc2)C1. The van der Waals surface area contributed by atoms with Crippen LogP contribution in [0.4, 0.5) is 24.7 Å². The van der Waals surface area contributed by atoms with Gasteiger partial charge in [-0.05, 0) is 69.5 Å². The molecule has 0 aliphatic carbocycles. The van der Waals surface area contributed by atoms with Crippen LogP contribution in [0, 0.1) is 19.8 Å². The summed E-state index contributed by atoms with van der Waals surface area (Å²) in [6, 6.07) is 13.0. The van der Waals surface area contributed by atoms with Gasteiger partial charge in [0.2, 0.25) is 0 Å². The summed E-state index contributed by atoms with van der Waals surface area (Å²) in [7, 11) is 0. The van der Waals surface area contributed by atoms with E-state index >= 15 is 0 Å². The highest BCUT2D eigenvalue weighted by molar-refractivity contribution is 7.98. The van der Waals surface area contributed by atoms with E-state index in [0.29, 0.717) is 68.0 Å². The molecule has 1 aromatic heterocycles. The Morgan fingerprint density at radius 3 is 2.38 bits per heavy atom. The minimum absolute atomic E-state index is 0.0847. The molecule has 1 atom stereocenters. The number of anilines is 2. The summed E-state index contributed by atoms with van der Waals surface area (Å²) in [4.78, 5) is 40.7. The van der Waals surface area contributed by atoms with Gasteiger partial charge in [0.05, 0.1) is 18.1 Å². The van der Waals surface area contributed by atoms with Crippen LogP contribution < -0.4 is 9.80 Å². The van der Waals surface area contributed by atoms with Crippen molar-refractivity contribution in [2.75, 3.05) is 55.7 Å². The zero-order chi connectivity index (χ0) is 32.1. The first kappa shape index (κ1) is 32.6. The van der Waals surface area contributed by atoms with Gasteiger partial charge in [0, 0.05) is 67.5 Å². The molecule has 8 nitrogen and oxygen atoms in total. The van der Waals surface area contributed by atoms with Crippen LogP contribution in [0.5, 0.6) is 0 Å². The number of piperazine rings is 1. The lowest BCUT2D eigenvalue weighted by atomic mass is 9.97. The van der Waals surface area contributed by atoms with Crippen LogP contribution in [0.2, 0.25) is 0 Å². The van der Waals surface area contributed by atoms with Crippen LogP contribution in [0.25, 0.3) is 0 Å². The zero-order valence-electron chi connectivity index (χ0n) is 25.8. The van der Waals surface area contributed by atoms with Crippen molar-refractivity contribution >= 4 is 35.1 Å². The van der Waals surface area contributed by atoms with E-state index in [0.717, 1.165) is 41.5 Å². The van der Waals surface area contributed by atoms with Gasteiger partial charge in [0.15, 0.2) is 5.16 Å². The Morgan fingerprint density at radius 1 is 0.978 bits per heavy atom. The number of carbonyl (C=O) groups excluding carboxylic acids is 2. The zero-order valence-corrected chi connectivity index (χ0v) is 26.6. The van der Waals surface area contributed by atoms with Gasteiger partial charge in [-0.3, -0.25) is 9.59 Å². The number of alkyl halides is 3. The number of aromatic nitrogens is 2. The van der Waals surface area contributed by atoms with Crippen LogP contribution in [-0.2, 0) is 21.5 Å². The number of esters is 1. The maximum absolute atomic E-state index is 13.2. The minimum atomic E-state index is -4.37. The largest absolute Gasteiger partial charge is 0.466 e. The molecule has 3 heterocycles. The Kier molecular flexibility index (Phi) is 10.2. The average molecular weight is 642 g/mol. The van der Waals surface area contributed by atoms with Gasteiger partial charge in [-0.15, -0.1) is 0 Å². The number of hydrogen-bond donors (Lipinski definition) is 0. The number of piperidine rings is 1. The molecule has 1 unspecified atom stereocenters. The maximum atomic E-state index is 13.2. The third-order valence-corrected chi connectivity index (χ3v) is 9.28. The second kappa shape index (κ2) is 14.1. The highest BCUT2D eigenvalue weighted by Crippen LogP contribution is 2.33. The average Bonchev–Trinajstić information content (AvgIpc) is 3.05. The van der Waals surface area contributed by atoms with Crippen LogP contribution >= 0.6 is 11.8 Å². The van der Waals surface area contributed by atoms with E-state index in [1.54, 1.807) is 17.9 Å². The highest BCUT2D eigenvalue weighted by Gasteiger charge is 2.32. The van der Waals surface area contributed by atoms with Crippen LogP contribution in [0.15, 0.2) is 53.7 Å². The van der Waals surface area contributed by atoms with E-state index in [-0.39, 0.29) is 17.8 Å². The second-order valence-corrected chi connectivity index (χ2v) is 12.3. The molecule has 1 amide bonds. The lowest BCUT2D eigenvalue weighted by Gasteiger charge is -2.37. The quantitative estimate of drug-likeness (QED) is 0.165. The van der Waals surface area contributed by atoms with Crippen molar-refractivity contribution in [3.05, 3.63) is 76.5 Å². The summed E-state index contributed by atoms with van der Waals surface area (Å²) >= 11 is 1.51. The van der Waals surface area contributed by atoms with Gasteiger partial charge in [-0.25, -0.2) is 9.97 Å². The Morgan fingerprint density at radius 2 is 1.69 bits per heavy atom. The Bertz CT molecular complexity index is 1510. The molecule has 12 heteroatoms. The van der Waals surface area contributed by atoms with E-state index in [2.05, 4.69) is 9.88 Å².